The number of aliphatic hydroxyl groups excluding tert-OH is 1. The molecule has 0 spiro atoms. The summed E-state index contributed by atoms with van der Waals surface area (Å²) in [6.07, 6.45) is 2.03. The summed E-state index contributed by atoms with van der Waals surface area (Å²) in [6.45, 7) is 11.2. The van der Waals surface area contributed by atoms with Gasteiger partial charge < -0.3 is 14.6 Å². The van der Waals surface area contributed by atoms with Gasteiger partial charge in [0.25, 0.3) is 0 Å². The molecule has 0 aliphatic rings. The zero-order chi connectivity index (χ0) is 13.8. The number of hydrogen-bond acceptors (Lipinski definition) is 3. The lowest BCUT2D eigenvalue weighted by Gasteiger charge is -2.14. The highest BCUT2D eigenvalue weighted by Gasteiger charge is 2.07. The average molecular weight is 248 g/mol. The molecular weight excluding hydrogens is 216 g/mol. The van der Waals surface area contributed by atoms with E-state index >= 15 is 0 Å². The van der Waals surface area contributed by atoms with E-state index in [0.29, 0.717) is 18.4 Å². The van der Waals surface area contributed by atoms with E-state index in [1.807, 2.05) is 6.92 Å². The highest BCUT2D eigenvalue weighted by atomic mass is 16.5. The van der Waals surface area contributed by atoms with E-state index in [-0.39, 0.29) is 12.2 Å². The molecule has 1 atom stereocenters. The summed E-state index contributed by atoms with van der Waals surface area (Å²) in [5.74, 6) is 1.24. The lowest BCUT2D eigenvalue weighted by Crippen LogP contribution is -2.12. The fourth-order valence-electron chi connectivity index (χ4n) is 1.49. The van der Waals surface area contributed by atoms with Gasteiger partial charge in [0, 0.05) is 14.2 Å². The number of aliphatic hydroxyl groups is 1. The number of methoxy groups -OCH3 is 2. The van der Waals surface area contributed by atoms with Gasteiger partial charge in [-0.25, -0.2) is 0 Å². The van der Waals surface area contributed by atoms with Crippen LogP contribution in [0.5, 0.6) is 0 Å². The van der Waals surface area contributed by atoms with E-state index in [4.69, 9.17) is 9.47 Å². The van der Waals surface area contributed by atoms with Gasteiger partial charge in [0.05, 0.1) is 18.8 Å². The van der Waals surface area contributed by atoms with Crippen LogP contribution in [-0.2, 0) is 9.47 Å². The molecule has 0 aromatic heterocycles. The van der Waals surface area contributed by atoms with E-state index in [9.17, 15) is 5.11 Å². The van der Waals surface area contributed by atoms with Gasteiger partial charge in [-0.1, -0.05) is 27.7 Å². The molecule has 0 heterocycles. The minimum absolute atomic E-state index is 0.0833. The molecule has 0 aromatic carbocycles. The molecule has 0 amide bonds. The molecule has 1 N–H and O–H groups in total. The Morgan fingerprint density at radius 1 is 0.882 bits per heavy atom. The normalized spacial score (nSPS) is 12.9. The average Bonchev–Trinajstić information content (AvgIpc) is 2.16. The van der Waals surface area contributed by atoms with Crippen molar-refractivity contribution in [3.63, 3.8) is 0 Å². The van der Waals surface area contributed by atoms with Crippen molar-refractivity contribution >= 4 is 0 Å². The number of hydrogen-bond donors (Lipinski definition) is 1. The molecule has 0 saturated heterocycles. The minimum Gasteiger partial charge on any atom is -0.393 e. The van der Waals surface area contributed by atoms with Gasteiger partial charge in [-0.15, -0.1) is 0 Å². The fourth-order valence-corrected chi connectivity index (χ4v) is 1.49. The second kappa shape index (κ2) is 12.3. The maximum Gasteiger partial charge on any atom is 0.0776 e. The predicted molar refractivity (Wildman–Crippen MR) is 73.3 cm³/mol. The first-order valence-electron chi connectivity index (χ1n) is 6.53. The van der Waals surface area contributed by atoms with Crippen molar-refractivity contribution in [2.75, 3.05) is 20.8 Å². The van der Waals surface area contributed by atoms with Crippen molar-refractivity contribution in [3.05, 3.63) is 0 Å². The zero-order valence-electron chi connectivity index (χ0n) is 12.7. The van der Waals surface area contributed by atoms with E-state index in [2.05, 4.69) is 27.7 Å². The minimum atomic E-state index is -0.0833. The van der Waals surface area contributed by atoms with Crippen molar-refractivity contribution in [3.8, 4) is 0 Å². The molecule has 3 heteroatoms. The Labute approximate surface area is 108 Å². The van der Waals surface area contributed by atoms with Crippen molar-refractivity contribution in [1.29, 1.82) is 0 Å². The lowest BCUT2D eigenvalue weighted by molar-refractivity contribution is 0.0401. The highest BCUT2D eigenvalue weighted by molar-refractivity contribution is 4.60. The van der Waals surface area contributed by atoms with Crippen molar-refractivity contribution < 1.29 is 14.6 Å². The molecule has 1 unspecified atom stereocenters. The van der Waals surface area contributed by atoms with Gasteiger partial charge in [0.2, 0.25) is 0 Å². The second-order valence-corrected chi connectivity index (χ2v) is 5.41. The molecule has 0 radical (unpaired) electrons. The largest absolute Gasteiger partial charge is 0.393 e. The first-order valence-corrected chi connectivity index (χ1v) is 6.53. The second-order valence-electron chi connectivity index (χ2n) is 5.41. The molecule has 0 aliphatic heterocycles. The summed E-state index contributed by atoms with van der Waals surface area (Å²) < 4.78 is 9.64. The van der Waals surface area contributed by atoms with Crippen molar-refractivity contribution in [1.82, 2.24) is 0 Å². The Hall–Kier alpha value is -0.120. The summed E-state index contributed by atoms with van der Waals surface area (Å²) in [4.78, 5) is 0. The standard InChI is InChI=1S/C9H20O.C5H12O2/c1-7(2)5-9(10)6-8(3)4;1-5(7-3)4-6-2/h7-10H,5-6H2,1-4H3;5H,4H2,1-3H3. The van der Waals surface area contributed by atoms with E-state index in [1.165, 1.54) is 0 Å². The molecule has 0 rings (SSSR count). The van der Waals surface area contributed by atoms with E-state index < -0.39 is 0 Å². The van der Waals surface area contributed by atoms with Gasteiger partial charge in [0.1, 0.15) is 0 Å². The number of ether oxygens (including phenoxy) is 2. The van der Waals surface area contributed by atoms with Crippen LogP contribution in [0.4, 0.5) is 0 Å². The number of rotatable bonds is 7. The predicted octanol–water partition coefficient (Wildman–Crippen LogP) is 3.11. The molecular formula is C14H32O3. The summed E-state index contributed by atoms with van der Waals surface area (Å²) in [5, 5.41) is 9.39. The maximum absolute atomic E-state index is 9.39. The van der Waals surface area contributed by atoms with Gasteiger partial charge in [-0.2, -0.15) is 0 Å². The third-order valence-electron chi connectivity index (χ3n) is 2.29. The monoisotopic (exact) mass is 248 g/mol. The third kappa shape index (κ3) is 18.4. The molecule has 0 aliphatic carbocycles. The van der Waals surface area contributed by atoms with Crippen LogP contribution in [0.2, 0.25) is 0 Å². The molecule has 0 saturated carbocycles. The van der Waals surface area contributed by atoms with Crippen molar-refractivity contribution in [2.24, 2.45) is 11.8 Å². The van der Waals surface area contributed by atoms with Crippen LogP contribution in [0.25, 0.3) is 0 Å². The molecule has 0 aromatic rings. The van der Waals surface area contributed by atoms with Gasteiger partial charge in [-0.3, -0.25) is 0 Å². The van der Waals surface area contributed by atoms with Gasteiger partial charge >= 0.3 is 0 Å². The molecule has 0 fully saturated rings. The quantitative estimate of drug-likeness (QED) is 0.752. The van der Waals surface area contributed by atoms with Crippen LogP contribution in [0.1, 0.15) is 47.5 Å². The first-order chi connectivity index (χ1) is 7.83. The van der Waals surface area contributed by atoms with Crippen LogP contribution in [0, 0.1) is 11.8 Å². The Kier molecular flexibility index (Phi) is 14.0. The molecule has 106 valence electrons. The Balaban J connectivity index is 0. The molecule has 17 heavy (non-hydrogen) atoms. The first kappa shape index (κ1) is 19.2. The van der Waals surface area contributed by atoms with Crippen molar-refractivity contribution in [2.45, 2.75) is 59.7 Å². The van der Waals surface area contributed by atoms with Gasteiger partial charge in [0.15, 0.2) is 0 Å². The summed E-state index contributed by atoms with van der Waals surface area (Å²) >= 11 is 0. The smallest absolute Gasteiger partial charge is 0.0776 e. The summed E-state index contributed by atoms with van der Waals surface area (Å²) in [7, 11) is 3.33. The van der Waals surface area contributed by atoms with Crippen LogP contribution in [-0.4, -0.2) is 38.1 Å². The maximum atomic E-state index is 9.39. The van der Waals surface area contributed by atoms with Crippen LogP contribution in [0.15, 0.2) is 0 Å². The molecule has 0 bridgehead atoms. The lowest BCUT2D eigenvalue weighted by atomic mass is 9.98. The zero-order valence-corrected chi connectivity index (χ0v) is 12.7. The summed E-state index contributed by atoms with van der Waals surface area (Å²) in [5.41, 5.74) is 0. The summed E-state index contributed by atoms with van der Waals surface area (Å²) in [6, 6.07) is 0. The Bertz CT molecular complexity index is 136. The van der Waals surface area contributed by atoms with Crippen LogP contribution >= 0.6 is 0 Å². The third-order valence-corrected chi connectivity index (χ3v) is 2.29. The van der Waals surface area contributed by atoms with Crippen LogP contribution in [0.3, 0.4) is 0 Å². The van der Waals surface area contributed by atoms with E-state index in [1.54, 1.807) is 14.2 Å². The van der Waals surface area contributed by atoms with Gasteiger partial charge in [-0.05, 0) is 31.6 Å². The SMILES string of the molecule is CC(C)CC(O)CC(C)C.COCC(C)OC. The van der Waals surface area contributed by atoms with E-state index in [0.717, 1.165) is 12.8 Å². The Morgan fingerprint density at radius 3 is 1.47 bits per heavy atom. The molecule has 3 nitrogen and oxygen atoms in total. The van der Waals surface area contributed by atoms with Crippen LogP contribution < -0.4 is 0 Å². The fraction of sp³-hybridized carbons (Fsp3) is 1.00. The topological polar surface area (TPSA) is 38.7 Å². The highest BCUT2D eigenvalue weighted by Crippen LogP contribution is 2.12. The Morgan fingerprint density at radius 2 is 1.29 bits per heavy atom.